The zero-order chi connectivity index (χ0) is 13.7. The number of amides is 1. The molecule has 0 atom stereocenters. The molecule has 0 aromatic carbocycles. The molecule has 1 aromatic rings. The van der Waals surface area contributed by atoms with E-state index in [1.54, 1.807) is 0 Å². The van der Waals surface area contributed by atoms with Gasteiger partial charge in [-0.25, -0.2) is 4.98 Å². The van der Waals surface area contributed by atoms with Crippen LogP contribution >= 0.6 is 12.4 Å². The Morgan fingerprint density at radius 3 is 2.55 bits per heavy atom. The molecule has 0 spiro atoms. The number of carbonyl (C=O) groups excluding carboxylic acids is 1. The second-order valence-electron chi connectivity index (χ2n) is 4.98. The van der Waals surface area contributed by atoms with Gasteiger partial charge in [0.15, 0.2) is 0 Å². The third-order valence-electron chi connectivity index (χ3n) is 3.69. The monoisotopic (exact) mass is 300 g/mol. The van der Waals surface area contributed by atoms with Crippen molar-refractivity contribution in [3.8, 4) is 0 Å². The summed E-state index contributed by atoms with van der Waals surface area (Å²) in [7, 11) is 0. The van der Waals surface area contributed by atoms with Crippen LogP contribution in [0.3, 0.4) is 0 Å². The Morgan fingerprint density at radius 1 is 1.25 bits per heavy atom. The highest BCUT2D eigenvalue weighted by molar-refractivity contribution is 5.85. The molecule has 2 rings (SSSR count). The molecule has 0 N–H and O–H groups in total. The number of rotatable bonds is 5. The number of aromatic nitrogens is 2. The molecule has 114 valence electrons. The first-order chi connectivity index (χ1) is 9.26. The summed E-state index contributed by atoms with van der Waals surface area (Å²) >= 11 is 0. The number of piperazine rings is 1. The van der Waals surface area contributed by atoms with Gasteiger partial charge in [0.1, 0.15) is 0 Å². The van der Waals surface area contributed by atoms with E-state index in [0.717, 1.165) is 51.5 Å². The second kappa shape index (κ2) is 8.15. The van der Waals surface area contributed by atoms with Gasteiger partial charge in [0.25, 0.3) is 0 Å². The average Bonchev–Trinajstić information content (AvgIpc) is 2.93. The van der Waals surface area contributed by atoms with Gasteiger partial charge < -0.3 is 14.4 Å². The number of anilines is 1. The molecule has 2 heterocycles. The molecule has 1 aliphatic heterocycles. The van der Waals surface area contributed by atoms with Crippen molar-refractivity contribution in [2.45, 2.75) is 39.7 Å². The van der Waals surface area contributed by atoms with E-state index in [1.165, 1.54) is 0 Å². The van der Waals surface area contributed by atoms with E-state index >= 15 is 0 Å². The van der Waals surface area contributed by atoms with Crippen LogP contribution in [0.4, 0.5) is 5.95 Å². The molecule has 20 heavy (non-hydrogen) atoms. The van der Waals surface area contributed by atoms with Crippen LogP contribution in [0.25, 0.3) is 0 Å². The quantitative estimate of drug-likeness (QED) is 0.837. The number of hydrogen-bond donors (Lipinski definition) is 0. The molecule has 1 fully saturated rings. The zero-order valence-electron chi connectivity index (χ0n) is 12.4. The van der Waals surface area contributed by atoms with Crippen LogP contribution in [-0.2, 0) is 11.3 Å². The van der Waals surface area contributed by atoms with Crippen LogP contribution in [-0.4, -0.2) is 46.5 Å². The number of imidazole rings is 1. The van der Waals surface area contributed by atoms with Crippen LogP contribution < -0.4 is 4.90 Å². The molecule has 5 nitrogen and oxygen atoms in total. The van der Waals surface area contributed by atoms with E-state index in [-0.39, 0.29) is 12.4 Å². The third-order valence-corrected chi connectivity index (χ3v) is 3.69. The number of nitrogens with zero attached hydrogens (tertiary/aromatic N) is 4. The molecule has 0 unspecified atom stereocenters. The van der Waals surface area contributed by atoms with E-state index < -0.39 is 0 Å². The summed E-state index contributed by atoms with van der Waals surface area (Å²) in [4.78, 5) is 20.6. The Morgan fingerprint density at radius 2 is 1.95 bits per heavy atom. The van der Waals surface area contributed by atoms with Crippen LogP contribution in [0.2, 0.25) is 0 Å². The highest BCUT2D eigenvalue weighted by Gasteiger charge is 2.22. The van der Waals surface area contributed by atoms with Gasteiger partial charge in [-0.05, 0) is 13.3 Å². The smallest absolute Gasteiger partial charge is 0.222 e. The molecule has 6 heteroatoms. The number of hydrogen-bond acceptors (Lipinski definition) is 3. The number of aryl methyl sites for hydroxylation is 1. The lowest BCUT2D eigenvalue weighted by molar-refractivity contribution is -0.131. The fourth-order valence-corrected chi connectivity index (χ4v) is 2.47. The van der Waals surface area contributed by atoms with Crippen molar-refractivity contribution in [2.75, 3.05) is 31.1 Å². The minimum Gasteiger partial charge on any atom is -0.339 e. The van der Waals surface area contributed by atoms with Gasteiger partial charge in [0.05, 0.1) is 0 Å². The van der Waals surface area contributed by atoms with Crippen molar-refractivity contribution < 1.29 is 4.79 Å². The maximum atomic E-state index is 12.0. The Balaban J connectivity index is 0.00000200. The summed E-state index contributed by atoms with van der Waals surface area (Å²) in [6, 6.07) is 0. The maximum absolute atomic E-state index is 12.0. The SMILES string of the molecule is CCCCC(=O)N1CCN(c2nccn2CC)CC1.Cl. The van der Waals surface area contributed by atoms with Crippen molar-refractivity contribution in [1.29, 1.82) is 0 Å². The van der Waals surface area contributed by atoms with E-state index in [4.69, 9.17) is 0 Å². The van der Waals surface area contributed by atoms with Gasteiger partial charge in [-0.2, -0.15) is 0 Å². The summed E-state index contributed by atoms with van der Waals surface area (Å²) in [5, 5.41) is 0. The van der Waals surface area contributed by atoms with Gasteiger partial charge >= 0.3 is 0 Å². The summed E-state index contributed by atoms with van der Waals surface area (Å²) in [5.74, 6) is 1.34. The highest BCUT2D eigenvalue weighted by atomic mass is 35.5. The van der Waals surface area contributed by atoms with Crippen LogP contribution in [0.15, 0.2) is 12.4 Å². The molecule has 0 bridgehead atoms. The third kappa shape index (κ3) is 3.88. The summed E-state index contributed by atoms with van der Waals surface area (Å²) in [6.45, 7) is 8.58. The first-order valence-corrected chi connectivity index (χ1v) is 7.30. The molecule has 1 aliphatic rings. The lowest BCUT2D eigenvalue weighted by atomic mass is 10.2. The fourth-order valence-electron chi connectivity index (χ4n) is 2.47. The van der Waals surface area contributed by atoms with Gasteiger partial charge in [-0.1, -0.05) is 13.3 Å². The minimum absolute atomic E-state index is 0. The Bertz CT molecular complexity index is 413. The Labute approximate surface area is 127 Å². The highest BCUT2D eigenvalue weighted by Crippen LogP contribution is 2.15. The van der Waals surface area contributed by atoms with E-state index in [1.807, 2.05) is 17.3 Å². The molecule has 1 aromatic heterocycles. The van der Waals surface area contributed by atoms with E-state index in [9.17, 15) is 4.79 Å². The van der Waals surface area contributed by atoms with Crippen molar-refractivity contribution in [3.63, 3.8) is 0 Å². The van der Waals surface area contributed by atoms with Crippen LogP contribution in [0.1, 0.15) is 33.1 Å². The molecular formula is C14H25ClN4O. The van der Waals surface area contributed by atoms with Crippen molar-refractivity contribution in [1.82, 2.24) is 14.5 Å². The standard InChI is InChI=1S/C14H24N4O.ClH/c1-3-5-6-13(19)17-9-11-18(12-10-17)14-15-7-8-16(14)4-2;/h7-8H,3-6,9-12H2,1-2H3;1H. The predicted molar refractivity (Wildman–Crippen MR) is 83.5 cm³/mol. The fraction of sp³-hybridized carbons (Fsp3) is 0.714. The van der Waals surface area contributed by atoms with Crippen molar-refractivity contribution in [3.05, 3.63) is 12.4 Å². The number of halogens is 1. The molecule has 0 saturated carbocycles. The average molecular weight is 301 g/mol. The Hall–Kier alpha value is -1.23. The van der Waals surface area contributed by atoms with E-state index in [0.29, 0.717) is 12.3 Å². The van der Waals surface area contributed by atoms with Gasteiger partial charge in [0, 0.05) is 51.5 Å². The van der Waals surface area contributed by atoms with Crippen molar-refractivity contribution in [2.24, 2.45) is 0 Å². The van der Waals surface area contributed by atoms with Crippen LogP contribution in [0.5, 0.6) is 0 Å². The lowest BCUT2D eigenvalue weighted by Crippen LogP contribution is -2.49. The van der Waals surface area contributed by atoms with Gasteiger partial charge in [-0.3, -0.25) is 4.79 Å². The molecular weight excluding hydrogens is 276 g/mol. The number of carbonyl (C=O) groups is 1. The topological polar surface area (TPSA) is 41.4 Å². The summed E-state index contributed by atoms with van der Waals surface area (Å²) in [5.41, 5.74) is 0. The van der Waals surface area contributed by atoms with E-state index in [2.05, 4.69) is 28.3 Å². The minimum atomic E-state index is 0. The first-order valence-electron chi connectivity index (χ1n) is 7.30. The lowest BCUT2D eigenvalue weighted by Gasteiger charge is -2.35. The summed E-state index contributed by atoms with van der Waals surface area (Å²) < 4.78 is 2.15. The van der Waals surface area contributed by atoms with Crippen molar-refractivity contribution >= 4 is 24.3 Å². The largest absolute Gasteiger partial charge is 0.339 e. The predicted octanol–water partition coefficient (Wildman–Crippen LogP) is 2.16. The molecule has 1 saturated heterocycles. The van der Waals surface area contributed by atoms with Crippen LogP contribution in [0, 0.1) is 0 Å². The summed E-state index contributed by atoms with van der Waals surface area (Å²) in [6.07, 6.45) is 6.63. The molecule has 0 radical (unpaired) electrons. The Kier molecular flexibility index (Phi) is 6.85. The van der Waals surface area contributed by atoms with Gasteiger partial charge in [0.2, 0.25) is 11.9 Å². The number of unbranched alkanes of at least 4 members (excludes halogenated alkanes) is 1. The molecule has 1 amide bonds. The normalized spacial score (nSPS) is 15.1. The second-order valence-corrected chi connectivity index (χ2v) is 4.98. The maximum Gasteiger partial charge on any atom is 0.222 e. The first kappa shape index (κ1) is 16.8. The van der Waals surface area contributed by atoms with Gasteiger partial charge in [-0.15, -0.1) is 12.4 Å². The zero-order valence-corrected chi connectivity index (χ0v) is 13.2. The molecule has 0 aliphatic carbocycles.